The second-order valence-corrected chi connectivity index (χ2v) is 4.15. The Morgan fingerprint density at radius 1 is 1.50 bits per heavy atom. The minimum absolute atomic E-state index is 0.158. The highest BCUT2D eigenvalue weighted by Crippen LogP contribution is 2.36. The van der Waals surface area contributed by atoms with Gasteiger partial charge in [0.05, 0.1) is 13.5 Å². The Hall–Kier alpha value is -0.780. The average Bonchev–Trinajstić information content (AvgIpc) is 2.98. The molecule has 6 heteroatoms. The van der Waals surface area contributed by atoms with E-state index in [1.807, 2.05) is 0 Å². The van der Waals surface area contributed by atoms with Crippen molar-refractivity contribution >= 4 is 5.97 Å². The summed E-state index contributed by atoms with van der Waals surface area (Å²) in [7, 11) is 2.79. The molecule has 1 unspecified atom stereocenters. The number of halogens is 3. The van der Waals surface area contributed by atoms with Gasteiger partial charge in [0.25, 0.3) is 0 Å². The molecule has 1 rings (SSSR count). The van der Waals surface area contributed by atoms with Gasteiger partial charge in [-0.15, -0.1) is 0 Å². The van der Waals surface area contributed by atoms with Crippen LogP contribution in [0.5, 0.6) is 0 Å². The Morgan fingerprint density at radius 2 is 2.06 bits per heavy atom. The van der Waals surface area contributed by atoms with Crippen molar-refractivity contribution in [2.24, 2.45) is 5.92 Å². The van der Waals surface area contributed by atoms with Crippen molar-refractivity contribution in [3.63, 3.8) is 0 Å². The number of carbonyl (C=O) groups is 1. The van der Waals surface area contributed by atoms with Gasteiger partial charge in [-0.25, -0.2) is 0 Å². The molecule has 1 atom stereocenters. The van der Waals surface area contributed by atoms with Crippen LogP contribution in [-0.4, -0.2) is 43.8 Å². The number of ether oxygens (including phenoxy) is 1. The molecular weight excluding hydrogens is 223 g/mol. The van der Waals surface area contributed by atoms with Crippen LogP contribution >= 0.6 is 0 Å². The molecule has 0 aromatic rings. The van der Waals surface area contributed by atoms with Gasteiger partial charge < -0.3 is 4.74 Å². The Labute approximate surface area is 92.5 Å². The summed E-state index contributed by atoms with van der Waals surface area (Å²) in [4.78, 5) is 12.9. The van der Waals surface area contributed by atoms with E-state index in [0.29, 0.717) is 0 Å². The Bertz CT molecular complexity index is 251. The number of esters is 1. The van der Waals surface area contributed by atoms with Crippen LogP contribution in [0.2, 0.25) is 0 Å². The minimum atomic E-state index is -4.18. The van der Waals surface area contributed by atoms with Crippen LogP contribution in [0.3, 0.4) is 0 Å². The molecule has 0 saturated heterocycles. The van der Waals surface area contributed by atoms with Gasteiger partial charge in [-0.2, -0.15) is 13.2 Å². The van der Waals surface area contributed by atoms with Gasteiger partial charge in [0.15, 0.2) is 0 Å². The summed E-state index contributed by atoms with van der Waals surface area (Å²) in [5.41, 5.74) is 0. The molecule has 1 aliphatic carbocycles. The lowest BCUT2D eigenvalue weighted by atomic mass is 10.1. The maximum Gasteiger partial charge on any atom is 0.390 e. The van der Waals surface area contributed by atoms with Gasteiger partial charge in [0.2, 0.25) is 0 Å². The number of rotatable bonds is 5. The largest absolute Gasteiger partial charge is 0.468 e. The van der Waals surface area contributed by atoms with E-state index < -0.39 is 24.6 Å². The smallest absolute Gasteiger partial charge is 0.390 e. The summed E-state index contributed by atoms with van der Waals surface area (Å²) in [6, 6.07) is -0.521. The summed E-state index contributed by atoms with van der Waals surface area (Å²) in [6.07, 6.45) is -3.31. The molecule has 3 nitrogen and oxygen atoms in total. The molecule has 0 spiro atoms. The summed E-state index contributed by atoms with van der Waals surface area (Å²) < 4.78 is 40.7. The third-order valence-electron chi connectivity index (χ3n) is 2.73. The third-order valence-corrected chi connectivity index (χ3v) is 2.73. The van der Waals surface area contributed by atoms with Crippen LogP contribution in [0.1, 0.15) is 19.3 Å². The van der Waals surface area contributed by atoms with Crippen LogP contribution in [0.25, 0.3) is 0 Å². The molecule has 0 bridgehead atoms. The summed E-state index contributed by atoms with van der Waals surface area (Å²) in [5, 5.41) is 0. The van der Waals surface area contributed by atoms with Gasteiger partial charge >= 0.3 is 12.1 Å². The molecule has 1 aliphatic rings. The standard InChI is InChI=1S/C10H16F3NO2/c1-14(6-5-10(11,12)13)8(7-3-4-7)9(15)16-2/h7-8H,3-6H2,1-2H3. The van der Waals surface area contributed by atoms with E-state index in [4.69, 9.17) is 0 Å². The van der Waals surface area contributed by atoms with Crippen molar-refractivity contribution in [2.45, 2.75) is 31.5 Å². The number of hydrogen-bond donors (Lipinski definition) is 0. The highest BCUT2D eigenvalue weighted by atomic mass is 19.4. The summed E-state index contributed by atoms with van der Waals surface area (Å²) >= 11 is 0. The van der Waals surface area contributed by atoms with Crippen molar-refractivity contribution in [1.29, 1.82) is 0 Å². The SMILES string of the molecule is COC(=O)C(C1CC1)N(C)CCC(F)(F)F. The lowest BCUT2D eigenvalue weighted by molar-refractivity contribution is -0.152. The molecule has 0 radical (unpaired) electrons. The second-order valence-electron chi connectivity index (χ2n) is 4.15. The van der Waals surface area contributed by atoms with Crippen LogP contribution in [-0.2, 0) is 9.53 Å². The van der Waals surface area contributed by atoms with E-state index in [9.17, 15) is 18.0 Å². The van der Waals surface area contributed by atoms with Crippen LogP contribution in [0.15, 0.2) is 0 Å². The molecule has 1 saturated carbocycles. The van der Waals surface area contributed by atoms with Crippen molar-refractivity contribution in [1.82, 2.24) is 4.90 Å². The molecule has 0 aromatic carbocycles. The topological polar surface area (TPSA) is 29.5 Å². The number of alkyl halides is 3. The van der Waals surface area contributed by atoms with Gasteiger partial charge in [0.1, 0.15) is 6.04 Å². The average molecular weight is 239 g/mol. The van der Waals surface area contributed by atoms with Crippen LogP contribution in [0.4, 0.5) is 13.2 Å². The summed E-state index contributed by atoms with van der Waals surface area (Å²) in [5.74, 6) is -0.280. The van der Waals surface area contributed by atoms with Crippen molar-refractivity contribution < 1.29 is 22.7 Å². The fourth-order valence-corrected chi connectivity index (χ4v) is 1.71. The van der Waals surface area contributed by atoms with Gasteiger partial charge in [-0.05, 0) is 25.8 Å². The molecule has 94 valence electrons. The first-order chi connectivity index (χ1) is 7.35. The zero-order chi connectivity index (χ0) is 12.3. The van der Waals surface area contributed by atoms with Gasteiger partial charge in [0, 0.05) is 6.54 Å². The van der Waals surface area contributed by atoms with E-state index in [-0.39, 0.29) is 12.5 Å². The zero-order valence-corrected chi connectivity index (χ0v) is 9.38. The highest BCUT2D eigenvalue weighted by Gasteiger charge is 2.40. The van der Waals surface area contributed by atoms with Crippen LogP contribution in [0, 0.1) is 5.92 Å². The highest BCUT2D eigenvalue weighted by molar-refractivity contribution is 5.76. The Kier molecular flexibility index (Phi) is 4.18. The summed E-state index contributed by atoms with van der Waals surface area (Å²) in [6.45, 7) is -0.167. The lowest BCUT2D eigenvalue weighted by Gasteiger charge is -2.26. The number of nitrogens with zero attached hydrogens (tertiary/aromatic N) is 1. The number of hydrogen-bond acceptors (Lipinski definition) is 3. The monoisotopic (exact) mass is 239 g/mol. The first-order valence-corrected chi connectivity index (χ1v) is 5.20. The zero-order valence-electron chi connectivity index (χ0n) is 9.38. The van der Waals surface area contributed by atoms with Crippen LogP contribution < -0.4 is 0 Å². The predicted molar refractivity (Wildman–Crippen MR) is 51.8 cm³/mol. The van der Waals surface area contributed by atoms with Crippen molar-refractivity contribution in [3.05, 3.63) is 0 Å². The second kappa shape index (κ2) is 5.03. The molecule has 0 aliphatic heterocycles. The van der Waals surface area contributed by atoms with Gasteiger partial charge in [-0.3, -0.25) is 9.69 Å². The maximum absolute atomic E-state index is 12.0. The van der Waals surface area contributed by atoms with Crippen molar-refractivity contribution in [2.75, 3.05) is 20.7 Å². The fraction of sp³-hybridized carbons (Fsp3) is 0.900. The number of likely N-dealkylation sites (N-methyl/N-ethyl adjacent to an activating group) is 1. The van der Waals surface area contributed by atoms with E-state index >= 15 is 0 Å². The Morgan fingerprint density at radius 3 is 2.44 bits per heavy atom. The van der Waals surface area contributed by atoms with E-state index in [2.05, 4.69) is 4.74 Å². The first-order valence-electron chi connectivity index (χ1n) is 5.20. The molecule has 0 heterocycles. The fourth-order valence-electron chi connectivity index (χ4n) is 1.71. The quantitative estimate of drug-likeness (QED) is 0.685. The predicted octanol–water partition coefficient (Wildman–Crippen LogP) is 1.82. The first kappa shape index (κ1) is 13.3. The maximum atomic E-state index is 12.0. The number of carbonyl (C=O) groups excluding carboxylic acids is 1. The molecular formula is C10H16F3NO2. The number of methoxy groups -OCH3 is 1. The molecule has 0 aromatic heterocycles. The molecule has 0 N–H and O–H groups in total. The van der Waals surface area contributed by atoms with Crippen molar-refractivity contribution in [3.8, 4) is 0 Å². The molecule has 0 amide bonds. The Balaban J connectivity index is 2.48. The van der Waals surface area contributed by atoms with E-state index in [1.54, 1.807) is 0 Å². The third kappa shape index (κ3) is 4.00. The van der Waals surface area contributed by atoms with E-state index in [0.717, 1.165) is 12.8 Å². The lowest BCUT2D eigenvalue weighted by Crippen LogP contribution is -2.42. The minimum Gasteiger partial charge on any atom is -0.468 e. The molecule has 1 fully saturated rings. The van der Waals surface area contributed by atoms with E-state index in [1.165, 1.54) is 19.1 Å². The van der Waals surface area contributed by atoms with Gasteiger partial charge in [-0.1, -0.05) is 0 Å². The normalized spacial score (nSPS) is 18.6. The molecule has 16 heavy (non-hydrogen) atoms.